The molecule has 0 unspecified atom stereocenters. The summed E-state index contributed by atoms with van der Waals surface area (Å²) in [6, 6.07) is 14.7. The maximum absolute atomic E-state index is 12.5. The minimum Gasteiger partial charge on any atom is -0.497 e. The zero-order valence-electron chi connectivity index (χ0n) is 15.7. The van der Waals surface area contributed by atoms with Gasteiger partial charge in [0.2, 0.25) is 5.89 Å². The fourth-order valence-corrected chi connectivity index (χ4v) is 3.32. The van der Waals surface area contributed by atoms with Crippen LogP contribution in [0.3, 0.4) is 0 Å². The lowest BCUT2D eigenvalue weighted by atomic mass is 10.2. The van der Waals surface area contributed by atoms with Gasteiger partial charge >= 0.3 is 0 Å². The van der Waals surface area contributed by atoms with Gasteiger partial charge in [0.1, 0.15) is 18.1 Å². The zero-order chi connectivity index (χ0) is 19.8. The van der Waals surface area contributed by atoms with Gasteiger partial charge in [0.05, 0.1) is 25.0 Å². The molecule has 0 atom stereocenters. The number of thioether (sulfide) groups is 1. The van der Waals surface area contributed by atoms with Gasteiger partial charge in [-0.05, 0) is 36.4 Å². The molecule has 28 heavy (non-hydrogen) atoms. The van der Waals surface area contributed by atoms with Crippen molar-refractivity contribution in [3.8, 4) is 11.5 Å². The largest absolute Gasteiger partial charge is 0.497 e. The number of aryl methyl sites for hydroxylation is 1. The van der Waals surface area contributed by atoms with E-state index in [1.54, 1.807) is 20.1 Å². The molecular weight excluding hydrogens is 378 g/mol. The topological polar surface area (TPSA) is 86.5 Å². The number of methoxy groups -OCH3 is 1. The number of ether oxygens (including phenoxy) is 2. The van der Waals surface area contributed by atoms with Crippen molar-refractivity contribution >= 4 is 17.7 Å². The van der Waals surface area contributed by atoms with Crippen molar-refractivity contribution in [2.45, 2.75) is 17.6 Å². The Kier molecular flexibility index (Phi) is 6.91. The Morgan fingerprint density at radius 3 is 2.61 bits per heavy atom. The number of hydrogen-bond donors (Lipinski definition) is 1. The monoisotopic (exact) mass is 399 g/mol. The Balaban J connectivity index is 1.49. The number of nitrogens with zero attached hydrogens (tertiary/aromatic N) is 2. The second kappa shape index (κ2) is 9.80. The quantitative estimate of drug-likeness (QED) is 0.435. The number of benzene rings is 2. The van der Waals surface area contributed by atoms with E-state index in [-0.39, 0.29) is 5.91 Å². The van der Waals surface area contributed by atoms with E-state index in [9.17, 15) is 4.79 Å². The van der Waals surface area contributed by atoms with E-state index >= 15 is 0 Å². The first-order valence-electron chi connectivity index (χ1n) is 8.72. The number of aromatic nitrogens is 2. The smallest absolute Gasteiger partial charge is 0.252 e. The number of carbonyl (C=O) groups excluding carboxylic acids is 1. The zero-order valence-corrected chi connectivity index (χ0v) is 16.5. The highest BCUT2D eigenvalue weighted by atomic mass is 32.2. The van der Waals surface area contributed by atoms with Crippen molar-refractivity contribution in [3.63, 3.8) is 0 Å². The molecule has 0 bridgehead atoms. The number of rotatable bonds is 9. The third-order valence-corrected chi connectivity index (χ3v) is 4.84. The highest BCUT2D eigenvalue weighted by Gasteiger charge is 2.12. The van der Waals surface area contributed by atoms with Gasteiger partial charge in [-0.15, -0.1) is 11.8 Å². The molecule has 7 nitrogen and oxygen atoms in total. The van der Waals surface area contributed by atoms with Crippen LogP contribution in [0.1, 0.15) is 22.1 Å². The van der Waals surface area contributed by atoms with Crippen LogP contribution in [-0.2, 0) is 5.75 Å². The number of carbonyl (C=O) groups is 1. The van der Waals surface area contributed by atoms with Gasteiger partial charge in [-0.3, -0.25) is 4.79 Å². The van der Waals surface area contributed by atoms with Crippen LogP contribution >= 0.6 is 11.8 Å². The summed E-state index contributed by atoms with van der Waals surface area (Å²) in [6.45, 7) is 2.51. The van der Waals surface area contributed by atoms with Gasteiger partial charge in [-0.2, -0.15) is 4.98 Å². The van der Waals surface area contributed by atoms with Crippen LogP contribution in [-0.4, -0.2) is 36.3 Å². The molecule has 1 amide bonds. The second-order valence-corrected chi connectivity index (χ2v) is 6.81. The lowest BCUT2D eigenvalue weighted by molar-refractivity contribution is 0.0944. The molecular formula is C20H21N3O4S. The van der Waals surface area contributed by atoms with Crippen molar-refractivity contribution in [2.75, 3.05) is 20.3 Å². The first-order valence-corrected chi connectivity index (χ1v) is 9.70. The van der Waals surface area contributed by atoms with Crippen LogP contribution in [0.5, 0.6) is 11.5 Å². The molecule has 1 N–H and O–H groups in total. The van der Waals surface area contributed by atoms with E-state index in [4.69, 9.17) is 14.0 Å². The van der Waals surface area contributed by atoms with Gasteiger partial charge in [-0.1, -0.05) is 17.3 Å². The van der Waals surface area contributed by atoms with Crippen LogP contribution < -0.4 is 14.8 Å². The summed E-state index contributed by atoms with van der Waals surface area (Å²) in [7, 11) is 1.62. The Morgan fingerprint density at radius 2 is 1.89 bits per heavy atom. The maximum Gasteiger partial charge on any atom is 0.252 e. The number of nitrogens with one attached hydrogen (secondary N) is 1. The molecule has 8 heteroatoms. The Labute approximate surface area is 167 Å². The van der Waals surface area contributed by atoms with Gasteiger partial charge in [0.25, 0.3) is 5.91 Å². The summed E-state index contributed by atoms with van der Waals surface area (Å²) in [5.74, 6) is 3.00. The minimum absolute atomic E-state index is 0.147. The van der Waals surface area contributed by atoms with Crippen molar-refractivity contribution in [1.82, 2.24) is 15.5 Å². The lowest BCUT2D eigenvalue weighted by Gasteiger charge is -2.10. The molecule has 3 aromatic rings. The molecule has 0 saturated heterocycles. The van der Waals surface area contributed by atoms with Gasteiger partial charge in [0, 0.05) is 11.8 Å². The summed E-state index contributed by atoms with van der Waals surface area (Å²) >= 11 is 1.49. The van der Waals surface area contributed by atoms with E-state index in [1.807, 2.05) is 42.5 Å². The van der Waals surface area contributed by atoms with E-state index in [1.165, 1.54) is 11.8 Å². The predicted molar refractivity (Wildman–Crippen MR) is 106 cm³/mol. The molecule has 0 spiro atoms. The van der Waals surface area contributed by atoms with Gasteiger partial charge < -0.3 is 19.3 Å². The molecule has 0 aliphatic carbocycles. The van der Waals surface area contributed by atoms with Crippen LogP contribution in [0.2, 0.25) is 0 Å². The van der Waals surface area contributed by atoms with Crippen molar-refractivity contribution in [2.24, 2.45) is 0 Å². The Morgan fingerprint density at radius 1 is 1.14 bits per heavy atom. The molecule has 0 fully saturated rings. The van der Waals surface area contributed by atoms with E-state index < -0.39 is 0 Å². The summed E-state index contributed by atoms with van der Waals surface area (Å²) < 4.78 is 15.7. The van der Waals surface area contributed by atoms with Gasteiger partial charge in [0.15, 0.2) is 5.82 Å². The minimum atomic E-state index is -0.147. The number of hydrogen-bond acceptors (Lipinski definition) is 7. The average Bonchev–Trinajstić information content (AvgIpc) is 3.15. The third kappa shape index (κ3) is 5.50. The second-order valence-electron chi connectivity index (χ2n) is 5.79. The number of amides is 1. The summed E-state index contributed by atoms with van der Waals surface area (Å²) in [6.07, 6.45) is 0. The molecule has 146 valence electrons. The predicted octanol–water partition coefficient (Wildman–Crippen LogP) is 3.49. The highest BCUT2D eigenvalue weighted by Crippen LogP contribution is 2.25. The normalized spacial score (nSPS) is 10.5. The average molecular weight is 399 g/mol. The van der Waals surface area contributed by atoms with Gasteiger partial charge in [-0.25, -0.2) is 0 Å². The molecule has 0 radical (unpaired) electrons. The van der Waals surface area contributed by atoms with E-state index in [0.29, 0.717) is 36.2 Å². The third-order valence-electron chi connectivity index (χ3n) is 3.77. The van der Waals surface area contributed by atoms with Crippen LogP contribution in [0.4, 0.5) is 0 Å². The van der Waals surface area contributed by atoms with Crippen LogP contribution in [0, 0.1) is 6.92 Å². The molecule has 1 aromatic heterocycles. The molecule has 0 aliphatic rings. The maximum atomic E-state index is 12.5. The summed E-state index contributed by atoms with van der Waals surface area (Å²) in [5, 5.41) is 6.76. The van der Waals surface area contributed by atoms with Crippen molar-refractivity contribution in [1.29, 1.82) is 0 Å². The summed E-state index contributed by atoms with van der Waals surface area (Å²) in [4.78, 5) is 17.6. The molecule has 0 aliphatic heterocycles. The van der Waals surface area contributed by atoms with E-state index in [2.05, 4.69) is 15.5 Å². The molecule has 0 saturated carbocycles. The first kappa shape index (κ1) is 19.8. The highest BCUT2D eigenvalue weighted by molar-refractivity contribution is 7.98. The fraction of sp³-hybridized carbons (Fsp3) is 0.250. The molecule has 3 rings (SSSR count). The summed E-state index contributed by atoms with van der Waals surface area (Å²) in [5.41, 5.74) is 0.608. The SMILES string of the molecule is COc1ccc(OCCNC(=O)c2ccccc2SCc2noc(C)n2)cc1. The molecule has 1 heterocycles. The Bertz CT molecular complexity index is 912. The van der Waals surface area contributed by atoms with Crippen LogP contribution in [0.15, 0.2) is 57.9 Å². The molecule has 2 aromatic carbocycles. The fourth-order valence-electron chi connectivity index (χ4n) is 2.42. The first-order chi connectivity index (χ1) is 13.7. The standard InChI is InChI=1S/C20H21N3O4S/c1-14-22-19(23-27-14)13-28-18-6-4-3-5-17(18)20(24)21-11-12-26-16-9-7-15(25-2)8-10-16/h3-10H,11-13H2,1-2H3,(H,21,24). The Hall–Kier alpha value is -3.00. The lowest BCUT2D eigenvalue weighted by Crippen LogP contribution is -2.28. The van der Waals surface area contributed by atoms with Crippen molar-refractivity contribution < 1.29 is 18.8 Å². The van der Waals surface area contributed by atoms with E-state index in [0.717, 1.165) is 16.4 Å². The van der Waals surface area contributed by atoms with Crippen molar-refractivity contribution in [3.05, 3.63) is 65.8 Å². The van der Waals surface area contributed by atoms with Crippen LogP contribution in [0.25, 0.3) is 0 Å².